The first-order valence-corrected chi connectivity index (χ1v) is 8.82. The number of anilines is 1. The monoisotopic (exact) mass is 342 g/mol. The summed E-state index contributed by atoms with van der Waals surface area (Å²) in [6.07, 6.45) is 8.80. The summed E-state index contributed by atoms with van der Waals surface area (Å²) < 4.78 is 7.74. The summed E-state index contributed by atoms with van der Waals surface area (Å²) in [7, 11) is 3.67. The number of nitrogens with zero attached hydrogens (tertiary/aromatic N) is 3. The Labute approximate surface area is 148 Å². The molecule has 1 N–H and O–H groups in total. The van der Waals surface area contributed by atoms with Crippen LogP contribution in [0.25, 0.3) is 0 Å². The first-order valence-electron chi connectivity index (χ1n) is 8.82. The molecule has 0 atom stereocenters. The molecule has 1 heterocycles. The van der Waals surface area contributed by atoms with Crippen molar-refractivity contribution in [2.45, 2.75) is 38.3 Å². The molecule has 0 saturated heterocycles. The maximum atomic E-state index is 12.3. The van der Waals surface area contributed by atoms with Gasteiger partial charge in [0.15, 0.2) is 0 Å². The quantitative estimate of drug-likeness (QED) is 0.840. The van der Waals surface area contributed by atoms with Gasteiger partial charge in [-0.25, -0.2) is 0 Å². The Balaban J connectivity index is 1.49. The topological polar surface area (TPSA) is 59.4 Å². The van der Waals surface area contributed by atoms with Gasteiger partial charge in [0.2, 0.25) is 5.91 Å². The van der Waals surface area contributed by atoms with E-state index in [9.17, 15) is 4.79 Å². The first kappa shape index (κ1) is 17.3. The van der Waals surface area contributed by atoms with E-state index in [0.717, 1.165) is 29.8 Å². The number of amides is 1. The molecule has 0 radical (unpaired) electrons. The number of carbonyl (C=O) groups is 1. The van der Waals surface area contributed by atoms with Gasteiger partial charge in [0, 0.05) is 44.2 Å². The molecule has 1 amide bonds. The fourth-order valence-corrected chi connectivity index (χ4v) is 3.11. The predicted molar refractivity (Wildman–Crippen MR) is 97.5 cm³/mol. The van der Waals surface area contributed by atoms with Crippen molar-refractivity contribution >= 4 is 11.6 Å². The van der Waals surface area contributed by atoms with Gasteiger partial charge < -0.3 is 15.0 Å². The number of benzene rings is 1. The molecule has 134 valence electrons. The van der Waals surface area contributed by atoms with Crippen LogP contribution in [-0.4, -0.2) is 40.3 Å². The Bertz CT molecular complexity index is 707. The van der Waals surface area contributed by atoms with Gasteiger partial charge in [-0.15, -0.1) is 0 Å². The Morgan fingerprint density at radius 1 is 1.40 bits per heavy atom. The molecule has 0 unspecified atom stereocenters. The number of nitrogens with one attached hydrogen (secondary N) is 1. The number of rotatable bonds is 7. The molecule has 6 nitrogen and oxygen atoms in total. The standard InChI is InChI=1S/C19H26N4O2/c1-22(13-15-11-21-23(2)14-15)19(24)12-20-16-6-5-9-18(10-16)25-17-7-3-4-8-17/h5-6,9-11,14,17,20H,3-4,7-8,12-13H2,1-2H3. The minimum atomic E-state index is 0.0333. The fraction of sp³-hybridized carbons (Fsp3) is 0.474. The Morgan fingerprint density at radius 3 is 2.92 bits per heavy atom. The van der Waals surface area contributed by atoms with Crippen molar-refractivity contribution in [2.75, 3.05) is 18.9 Å². The number of ether oxygens (including phenoxy) is 1. The van der Waals surface area contributed by atoms with Gasteiger partial charge in [0.1, 0.15) is 5.75 Å². The van der Waals surface area contributed by atoms with Gasteiger partial charge in [-0.3, -0.25) is 9.48 Å². The van der Waals surface area contributed by atoms with Gasteiger partial charge in [0.25, 0.3) is 0 Å². The number of hydrogen-bond acceptors (Lipinski definition) is 4. The molecule has 6 heteroatoms. The van der Waals surface area contributed by atoms with Gasteiger partial charge in [-0.1, -0.05) is 6.07 Å². The highest BCUT2D eigenvalue weighted by Crippen LogP contribution is 2.25. The minimum absolute atomic E-state index is 0.0333. The molecule has 1 aromatic heterocycles. The smallest absolute Gasteiger partial charge is 0.241 e. The van der Waals surface area contributed by atoms with Crippen molar-refractivity contribution in [3.05, 3.63) is 42.2 Å². The van der Waals surface area contributed by atoms with Crippen LogP contribution in [0.4, 0.5) is 5.69 Å². The van der Waals surface area contributed by atoms with E-state index in [1.165, 1.54) is 12.8 Å². The molecule has 3 rings (SSSR count). The second-order valence-corrected chi connectivity index (χ2v) is 6.68. The van der Waals surface area contributed by atoms with Crippen LogP contribution in [0.3, 0.4) is 0 Å². The maximum Gasteiger partial charge on any atom is 0.241 e. The predicted octanol–water partition coefficient (Wildman–Crippen LogP) is 2.81. The second kappa shape index (κ2) is 8.05. The van der Waals surface area contributed by atoms with Crippen LogP contribution < -0.4 is 10.1 Å². The zero-order valence-corrected chi connectivity index (χ0v) is 14.9. The van der Waals surface area contributed by atoms with E-state index in [4.69, 9.17) is 4.74 Å². The van der Waals surface area contributed by atoms with E-state index in [2.05, 4.69) is 10.4 Å². The average Bonchev–Trinajstić information content (AvgIpc) is 3.25. The lowest BCUT2D eigenvalue weighted by atomic mass is 10.2. The zero-order chi connectivity index (χ0) is 17.6. The molecule has 1 saturated carbocycles. The molecular formula is C19H26N4O2. The highest BCUT2D eigenvalue weighted by atomic mass is 16.5. The lowest BCUT2D eigenvalue weighted by Gasteiger charge is -2.18. The summed E-state index contributed by atoms with van der Waals surface area (Å²) in [5.74, 6) is 0.902. The van der Waals surface area contributed by atoms with E-state index in [-0.39, 0.29) is 12.5 Å². The molecule has 2 aromatic rings. The van der Waals surface area contributed by atoms with E-state index in [0.29, 0.717) is 12.6 Å². The Morgan fingerprint density at radius 2 is 2.20 bits per heavy atom. The van der Waals surface area contributed by atoms with Gasteiger partial charge in [0.05, 0.1) is 18.8 Å². The largest absolute Gasteiger partial charge is 0.490 e. The molecular weight excluding hydrogens is 316 g/mol. The SMILES string of the molecule is CN(Cc1cnn(C)c1)C(=O)CNc1cccc(OC2CCCC2)c1. The Kier molecular flexibility index (Phi) is 5.58. The van der Waals surface area contributed by atoms with Crippen molar-refractivity contribution in [2.24, 2.45) is 7.05 Å². The number of likely N-dealkylation sites (N-methyl/N-ethyl adjacent to an activating group) is 1. The van der Waals surface area contributed by atoms with Crippen LogP contribution in [-0.2, 0) is 18.4 Å². The Hall–Kier alpha value is -2.50. The van der Waals surface area contributed by atoms with Crippen molar-refractivity contribution in [1.29, 1.82) is 0 Å². The highest BCUT2D eigenvalue weighted by Gasteiger charge is 2.16. The van der Waals surface area contributed by atoms with Crippen LogP contribution >= 0.6 is 0 Å². The molecule has 0 spiro atoms. The van der Waals surface area contributed by atoms with Crippen LogP contribution in [0.1, 0.15) is 31.2 Å². The molecule has 1 aliphatic rings. The van der Waals surface area contributed by atoms with Crippen molar-refractivity contribution < 1.29 is 9.53 Å². The second-order valence-electron chi connectivity index (χ2n) is 6.68. The van der Waals surface area contributed by atoms with Crippen molar-refractivity contribution in [3.8, 4) is 5.75 Å². The van der Waals surface area contributed by atoms with Gasteiger partial charge >= 0.3 is 0 Å². The molecule has 25 heavy (non-hydrogen) atoms. The van der Waals surface area contributed by atoms with Crippen LogP contribution in [0.5, 0.6) is 5.75 Å². The maximum absolute atomic E-state index is 12.3. The minimum Gasteiger partial charge on any atom is -0.490 e. The number of aromatic nitrogens is 2. The zero-order valence-electron chi connectivity index (χ0n) is 14.9. The summed E-state index contributed by atoms with van der Waals surface area (Å²) >= 11 is 0. The van der Waals surface area contributed by atoms with E-state index in [1.807, 2.05) is 37.5 Å². The van der Waals surface area contributed by atoms with Crippen molar-refractivity contribution in [1.82, 2.24) is 14.7 Å². The van der Waals surface area contributed by atoms with Crippen LogP contribution in [0.15, 0.2) is 36.7 Å². The van der Waals surface area contributed by atoms with E-state index >= 15 is 0 Å². The van der Waals surface area contributed by atoms with Crippen molar-refractivity contribution in [3.63, 3.8) is 0 Å². The van der Waals surface area contributed by atoms with E-state index in [1.54, 1.807) is 22.8 Å². The van der Waals surface area contributed by atoms with Gasteiger partial charge in [-0.2, -0.15) is 5.10 Å². The van der Waals surface area contributed by atoms with E-state index < -0.39 is 0 Å². The van der Waals surface area contributed by atoms with Crippen LogP contribution in [0, 0.1) is 0 Å². The lowest BCUT2D eigenvalue weighted by Crippen LogP contribution is -2.31. The number of aryl methyl sites for hydroxylation is 1. The third-order valence-electron chi connectivity index (χ3n) is 4.49. The number of hydrogen-bond donors (Lipinski definition) is 1. The molecule has 1 aliphatic carbocycles. The average molecular weight is 342 g/mol. The number of carbonyl (C=O) groups excluding carboxylic acids is 1. The molecule has 0 bridgehead atoms. The highest BCUT2D eigenvalue weighted by molar-refractivity contribution is 5.80. The molecule has 1 aromatic carbocycles. The summed E-state index contributed by atoms with van der Waals surface area (Å²) in [6, 6.07) is 7.85. The normalized spacial score (nSPS) is 14.5. The van der Waals surface area contributed by atoms with Crippen LogP contribution in [0.2, 0.25) is 0 Å². The van der Waals surface area contributed by atoms with Gasteiger partial charge in [-0.05, 0) is 37.8 Å². The summed E-state index contributed by atoms with van der Waals surface area (Å²) in [4.78, 5) is 14.0. The molecule has 0 aliphatic heterocycles. The summed E-state index contributed by atoms with van der Waals surface area (Å²) in [5, 5.41) is 7.31. The lowest BCUT2D eigenvalue weighted by molar-refractivity contribution is -0.128. The third kappa shape index (κ3) is 4.98. The molecule has 1 fully saturated rings. The fourth-order valence-electron chi connectivity index (χ4n) is 3.11. The first-order chi connectivity index (χ1) is 12.1. The summed E-state index contributed by atoms with van der Waals surface area (Å²) in [5.41, 5.74) is 1.92. The third-order valence-corrected chi connectivity index (χ3v) is 4.49. The summed E-state index contributed by atoms with van der Waals surface area (Å²) in [6.45, 7) is 0.808.